The molecular weight excluding hydrogens is 129 g/mol. The van der Waals surface area contributed by atoms with Crippen molar-refractivity contribution in [1.29, 1.82) is 0 Å². The van der Waals surface area contributed by atoms with Crippen molar-refractivity contribution >= 4 is 0 Å². The Labute approximate surface area is 62.5 Å². The summed E-state index contributed by atoms with van der Waals surface area (Å²) in [5, 5.41) is 0. The van der Waals surface area contributed by atoms with E-state index in [-0.39, 0.29) is 18.0 Å². The molecule has 0 radical (unpaired) electrons. The lowest BCUT2D eigenvalue weighted by molar-refractivity contribution is 0.182. The smallest absolute Gasteiger partial charge is 0.182 e. The van der Waals surface area contributed by atoms with Crippen LogP contribution >= 0.6 is 0 Å². The second kappa shape index (κ2) is 3.59. The van der Waals surface area contributed by atoms with Crippen LogP contribution in [-0.4, -0.2) is 17.0 Å². The molecule has 0 fully saturated rings. The molecule has 1 nitrogen and oxygen atoms in total. The minimum atomic E-state index is -0.343. The van der Waals surface area contributed by atoms with E-state index in [1.54, 1.807) is 4.90 Å². The normalized spacial score (nSPS) is 10.7. The highest BCUT2D eigenvalue weighted by Crippen LogP contribution is 2.12. The first-order valence-corrected chi connectivity index (χ1v) is 3.59. The van der Waals surface area contributed by atoms with E-state index in [1.165, 1.54) is 0 Å². The van der Waals surface area contributed by atoms with E-state index in [4.69, 9.17) is 0 Å². The molecule has 0 aliphatic heterocycles. The summed E-state index contributed by atoms with van der Waals surface area (Å²) in [7, 11) is 0. The molecule has 0 spiro atoms. The lowest BCUT2D eigenvalue weighted by Gasteiger charge is -2.30. The molecule has 0 aliphatic carbocycles. The van der Waals surface area contributed by atoms with E-state index in [9.17, 15) is 4.39 Å². The summed E-state index contributed by atoms with van der Waals surface area (Å²) in [5.41, 5.74) is 0. The molecule has 0 saturated heterocycles. The maximum atomic E-state index is 12.6. The van der Waals surface area contributed by atoms with Gasteiger partial charge in [0.25, 0.3) is 0 Å². The molecule has 2 heteroatoms. The largest absolute Gasteiger partial charge is 0.344 e. The molecule has 0 amide bonds. The van der Waals surface area contributed by atoms with Crippen LogP contribution in [0.4, 0.5) is 4.39 Å². The average molecular weight is 145 g/mol. The first kappa shape index (κ1) is 9.47. The molecule has 0 bridgehead atoms. The van der Waals surface area contributed by atoms with Gasteiger partial charge in [-0.3, -0.25) is 0 Å². The van der Waals surface area contributed by atoms with Crippen molar-refractivity contribution in [3.63, 3.8) is 0 Å². The molecule has 0 rings (SSSR count). The fourth-order valence-corrected chi connectivity index (χ4v) is 1.16. The van der Waals surface area contributed by atoms with Crippen LogP contribution in [0.1, 0.15) is 27.7 Å². The Kier molecular flexibility index (Phi) is 3.40. The average Bonchev–Trinajstić information content (AvgIpc) is 1.59. The molecular formula is C8H16FN. The first-order valence-electron chi connectivity index (χ1n) is 3.59. The Morgan fingerprint density at radius 3 is 1.50 bits per heavy atom. The molecule has 0 aromatic rings. The Bertz CT molecular complexity index is 110. The van der Waals surface area contributed by atoms with Gasteiger partial charge < -0.3 is 4.90 Å². The monoisotopic (exact) mass is 145 g/mol. The van der Waals surface area contributed by atoms with Crippen LogP contribution in [0.15, 0.2) is 12.5 Å². The van der Waals surface area contributed by atoms with E-state index in [2.05, 4.69) is 6.58 Å². The second-order valence-electron chi connectivity index (χ2n) is 2.97. The summed E-state index contributed by atoms with van der Waals surface area (Å²) in [6.45, 7) is 11.1. The quantitative estimate of drug-likeness (QED) is 0.552. The highest BCUT2D eigenvalue weighted by atomic mass is 19.1. The van der Waals surface area contributed by atoms with Crippen molar-refractivity contribution in [3.05, 3.63) is 12.5 Å². The second-order valence-corrected chi connectivity index (χ2v) is 2.97. The number of nitrogens with zero attached hydrogens (tertiary/aromatic N) is 1. The summed E-state index contributed by atoms with van der Waals surface area (Å²) in [6.07, 6.45) is 0. The molecule has 0 unspecified atom stereocenters. The van der Waals surface area contributed by atoms with Gasteiger partial charge in [-0.1, -0.05) is 0 Å². The summed E-state index contributed by atoms with van der Waals surface area (Å²) in [6, 6.07) is 0.384. The standard InChI is InChI=1S/C8H16FN/c1-6(2)10(7(3)4)8(5)9/h6-7H,5H2,1-4H3. The van der Waals surface area contributed by atoms with Crippen LogP contribution in [0.25, 0.3) is 0 Å². The van der Waals surface area contributed by atoms with Gasteiger partial charge in [-0.15, -0.1) is 0 Å². The molecule has 0 aromatic heterocycles. The van der Waals surface area contributed by atoms with Gasteiger partial charge in [0, 0.05) is 12.1 Å². The van der Waals surface area contributed by atoms with Crippen molar-refractivity contribution in [2.24, 2.45) is 0 Å². The molecule has 0 aliphatic rings. The Morgan fingerprint density at radius 2 is 1.50 bits per heavy atom. The fourth-order valence-electron chi connectivity index (χ4n) is 1.16. The van der Waals surface area contributed by atoms with Gasteiger partial charge in [0.05, 0.1) is 0 Å². The third-order valence-corrected chi connectivity index (χ3v) is 1.39. The van der Waals surface area contributed by atoms with Crippen LogP contribution in [-0.2, 0) is 0 Å². The zero-order valence-corrected chi connectivity index (χ0v) is 7.19. The van der Waals surface area contributed by atoms with Crippen molar-refractivity contribution in [2.45, 2.75) is 39.8 Å². The summed E-state index contributed by atoms with van der Waals surface area (Å²) >= 11 is 0. The number of hydrogen-bond donors (Lipinski definition) is 0. The summed E-state index contributed by atoms with van der Waals surface area (Å²) < 4.78 is 12.6. The highest BCUT2D eigenvalue weighted by molar-refractivity contribution is 4.86. The first-order chi connectivity index (χ1) is 4.46. The van der Waals surface area contributed by atoms with E-state index in [0.717, 1.165) is 0 Å². The number of hydrogen-bond acceptors (Lipinski definition) is 1. The SMILES string of the molecule is C=C(F)N(C(C)C)C(C)C. The lowest BCUT2D eigenvalue weighted by Crippen LogP contribution is -2.34. The van der Waals surface area contributed by atoms with E-state index >= 15 is 0 Å². The van der Waals surface area contributed by atoms with Gasteiger partial charge in [0.2, 0.25) is 0 Å². The Balaban J connectivity index is 4.12. The van der Waals surface area contributed by atoms with Gasteiger partial charge in [0.15, 0.2) is 5.95 Å². The van der Waals surface area contributed by atoms with Crippen LogP contribution < -0.4 is 0 Å². The fraction of sp³-hybridized carbons (Fsp3) is 0.750. The van der Waals surface area contributed by atoms with Crippen molar-refractivity contribution in [3.8, 4) is 0 Å². The van der Waals surface area contributed by atoms with Gasteiger partial charge in [-0.05, 0) is 34.3 Å². The van der Waals surface area contributed by atoms with E-state index in [1.807, 2.05) is 27.7 Å². The minimum Gasteiger partial charge on any atom is -0.344 e. The lowest BCUT2D eigenvalue weighted by atomic mass is 10.2. The Hall–Kier alpha value is -0.530. The van der Waals surface area contributed by atoms with Crippen molar-refractivity contribution in [1.82, 2.24) is 4.90 Å². The van der Waals surface area contributed by atoms with E-state index < -0.39 is 0 Å². The summed E-state index contributed by atoms with van der Waals surface area (Å²) in [4.78, 5) is 1.64. The van der Waals surface area contributed by atoms with Gasteiger partial charge in [-0.2, -0.15) is 4.39 Å². The zero-order chi connectivity index (χ0) is 8.31. The summed E-state index contributed by atoms with van der Waals surface area (Å²) in [5.74, 6) is -0.343. The molecule has 0 saturated carbocycles. The molecule has 10 heavy (non-hydrogen) atoms. The van der Waals surface area contributed by atoms with Crippen LogP contribution in [0.2, 0.25) is 0 Å². The van der Waals surface area contributed by atoms with Crippen molar-refractivity contribution in [2.75, 3.05) is 0 Å². The molecule has 60 valence electrons. The highest BCUT2D eigenvalue weighted by Gasteiger charge is 2.13. The maximum Gasteiger partial charge on any atom is 0.182 e. The van der Waals surface area contributed by atoms with Gasteiger partial charge in [0.1, 0.15) is 0 Å². The molecule has 0 aromatic carbocycles. The topological polar surface area (TPSA) is 3.24 Å². The predicted octanol–water partition coefficient (Wildman–Crippen LogP) is 2.55. The van der Waals surface area contributed by atoms with Crippen LogP contribution in [0.5, 0.6) is 0 Å². The third kappa shape index (κ3) is 2.38. The predicted molar refractivity (Wildman–Crippen MR) is 42.4 cm³/mol. The zero-order valence-electron chi connectivity index (χ0n) is 7.19. The number of rotatable bonds is 3. The minimum absolute atomic E-state index is 0.192. The van der Waals surface area contributed by atoms with Crippen LogP contribution in [0.3, 0.4) is 0 Å². The molecule has 0 N–H and O–H groups in total. The van der Waals surface area contributed by atoms with Crippen LogP contribution in [0, 0.1) is 0 Å². The number of halogens is 1. The molecule has 0 atom stereocenters. The molecule has 0 heterocycles. The van der Waals surface area contributed by atoms with Gasteiger partial charge in [-0.25, -0.2) is 0 Å². The van der Waals surface area contributed by atoms with Crippen molar-refractivity contribution < 1.29 is 4.39 Å². The third-order valence-electron chi connectivity index (χ3n) is 1.39. The van der Waals surface area contributed by atoms with E-state index in [0.29, 0.717) is 0 Å². The Morgan fingerprint density at radius 1 is 1.20 bits per heavy atom. The van der Waals surface area contributed by atoms with Gasteiger partial charge >= 0.3 is 0 Å². The maximum absolute atomic E-state index is 12.6.